The molecule has 0 amide bonds. The van der Waals surface area contributed by atoms with Crippen LogP contribution in [0.15, 0.2) is 18.3 Å². The lowest BCUT2D eigenvalue weighted by Crippen LogP contribution is -2.00. The molecule has 0 atom stereocenters. The zero-order chi connectivity index (χ0) is 13.1. The van der Waals surface area contributed by atoms with Gasteiger partial charge >= 0.3 is 0 Å². The zero-order valence-electron chi connectivity index (χ0n) is 10.5. The van der Waals surface area contributed by atoms with Crippen LogP contribution in [0.5, 0.6) is 11.5 Å². The summed E-state index contributed by atoms with van der Waals surface area (Å²) in [4.78, 5) is 4.13. The van der Waals surface area contributed by atoms with Crippen LogP contribution in [0.1, 0.15) is 5.56 Å². The van der Waals surface area contributed by atoms with Crippen molar-refractivity contribution < 1.29 is 9.47 Å². The number of nitrogens with two attached hydrogens (primary N) is 1. The van der Waals surface area contributed by atoms with E-state index in [0.29, 0.717) is 11.4 Å². The minimum Gasteiger partial charge on any atom is -0.496 e. The van der Waals surface area contributed by atoms with E-state index in [1.165, 1.54) is 0 Å². The third-order valence-electron chi connectivity index (χ3n) is 2.63. The number of nitrogen functional groups attached to an aromatic ring is 1. The van der Waals surface area contributed by atoms with Crippen molar-refractivity contribution in [3.8, 4) is 22.8 Å². The first-order valence-corrected chi connectivity index (χ1v) is 5.34. The van der Waals surface area contributed by atoms with E-state index in [-0.39, 0.29) is 5.95 Å². The third-order valence-corrected chi connectivity index (χ3v) is 2.63. The number of hydrogen-bond acceptors (Lipinski definition) is 6. The van der Waals surface area contributed by atoms with Gasteiger partial charge in [-0.2, -0.15) is 5.10 Å². The second-order valence-corrected chi connectivity index (χ2v) is 3.67. The van der Waals surface area contributed by atoms with E-state index in [4.69, 9.17) is 15.2 Å². The standard InChI is InChI=1S/C12H14N4O2/c1-7-10(17-2)5-4-8(11(7)18-3)9-6-14-16-12(13)15-9/h4-6H,1-3H3,(H2,13,15,16). The Kier molecular flexibility index (Phi) is 3.27. The lowest BCUT2D eigenvalue weighted by Gasteiger charge is -2.13. The minimum absolute atomic E-state index is 0.128. The van der Waals surface area contributed by atoms with Gasteiger partial charge in [0.25, 0.3) is 0 Å². The maximum Gasteiger partial charge on any atom is 0.240 e. The first-order chi connectivity index (χ1) is 8.67. The summed E-state index contributed by atoms with van der Waals surface area (Å²) in [5, 5.41) is 7.41. The van der Waals surface area contributed by atoms with Crippen LogP contribution < -0.4 is 15.2 Å². The van der Waals surface area contributed by atoms with Crippen molar-refractivity contribution in [2.24, 2.45) is 0 Å². The quantitative estimate of drug-likeness (QED) is 0.882. The molecule has 18 heavy (non-hydrogen) atoms. The molecule has 0 aliphatic rings. The molecular weight excluding hydrogens is 232 g/mol. The predicted molar refractivity (Wildman–Crippen MR) is 67.5 cm³/mol. The fraction of sp³-hybridized carbons (Fsp3) is 0.250. The summed E-state index contributed by atoms with van der Waals surface area (Å²) in [6.07, 6.45) is 1.54. The summed E-state index contributed by atoms with van der Waals surface area (Å²) in [6.45, 7) is 1.92. The Bertz CT molecular complexity index is 572. The topological polar surface area (TPSA) is 83.2 Å². The second-order valence-electron chi connectivity index (χ2n) is 3.67. The van der Waals surface area contributed by atoms with Crippen molar-refractivity contribution >= 4 is 5.95 Å². The van der Waals surface area contributed by atoms with E-state index in [1.54, 1.807) is 20.4 Å². The molecule has 1 aromatic carbocycles. The van der Waals surface area contributed by atoms with Gasteiger partial charge in [0.05, 0.1) is 26.1 Å². The lowest BCUT2D eigenvalue weighted by molar-refractivity contribution is 0.390. The fourth-order valence-corrected chi connectivity index (χ4v) is 1.81. The van der Waals surface area contributed by atoms with Gasteiger partial charge < -0.3 is 15.2 Å². The van der Waals surface area contributed by atoms with Gasteiger partial charge in [0.1, 0.15) is 11.5 Å². The molecule has 1 heterocycles. The highest BCUT2D eigenvalue weighted by Gasteiger charge is 2.14. The first-order valence-electron chi connectivity index (χ1n) is 5.34. The van der Waals surface area contributed by atoms with Crippen LogP contribution in [-0.2, 0) is 0 Å². The maximum atomic E-state index is 5.53. The van der Waals surface area contributed by atoms with Crippen molar-refractivity contribution in [3.63, 3.8) is 0 Å². The van der Waals surface area contributed by atoms with Crippen LogP contribution in [0.3, 0.4) is 0 Å². The highest BCUT2D eigenvalue weighted by atomic mass is 16.5. The molecule has 6 heteroatoms. The molecule has 0 saturated carbocycles. The average molecular weight is 246 g/mol. The molecule has 0 radical (unpaired) electrons. The van der Waals surface area contributed by atoms with Crippen LogP contribution in [0.2, 0.25) is 0 Å². The Labute approximate surface area is 105 Å². The molecule has 6 nitrogen and oxygen atoms in total. The molecule has 0 spiro atoms. The van der Waals surface area contributed by atoms with E-state index >= 15 is 0 Å². The number of nitrogens with zero attached hydrogens (tertiary/aromatic N) is 3. The molecule has 2 rings (SSSR count). The summed E-state index contributed by atoms with van der Waals surface area (Å²) in [7, 11) is 3.22. The molecule has 0 bridgehead atoms. The predicted octanol–water partition coefficient (Wildman–Crippen LogP) is 1.45. The molecule has 2 aromatic rings. The van der Waals surface area contributed by atoms with Crippen LogP contribution >= 0.6 is 0 Å². The van der Waals surface area contributed by atoms with Gasteiger partial charge in [-0.3, -0.25) is 0 Å². The van der Waals surface area contributed by atoms with Crippen LogP contribution in [-0.4, -0.2) is 29.4 Å². The van der Waals surface area contributed by atoms with Crippen molar-refractivity contribution in [1.29, 1.82) is 0 Å². The van der Waals surface area contributed by atoms with E-state index in [2.05, 4.69) is 15.2 Å². The molecule has 0 aliphatic carbocycles. The average Bonchev–Trinajstić information content (AvgIpc) is 2.38. The van der Waals surface area contributed by atoms with E-state index in [1.807, 2.05) is 19.1 Å². The van der Waals surface area contributed by atoms with Crippen molar-refractivity contribution in [3.05, 3.63) is 23.9 Å². The van der Waals surface area contributed by atoms with E-state index < -0.39 is 0 Å². The number of ether oxygens (including phenoxy) is 2. The first kappa shape index (κ1) is 12.1. The summed E-state index contributed by atoms with van der Waals surface area (Å²) in [6, 6.07) is 3.71. The molecule has 2 N–H and O–H groups in total. The largest absolute Gasteiger partial charge is 0.496 e. The number of methoxy groups -OCH3 is 2. The van der Waals surface area contributed by atoms with E-state index in [0.717, 1.165) is 16.9 Å². The number of benzene rings is 1. The molecule has 0 fully saturated rings. The molecule has 0 saturated heterocycles. The smallest absolute Gasteiger partial charge is 0.240 e. The lowest BCUT2D eigenvalue weighted by atomic mass is 10.1. The Balaban J connectivity index is 2.61. The summed E-state index contributed by atoms with van der Waals surface area (Å²) in [5.41, 5.74) is 7.85. The van der Waals surface area contributed by atoms with Gasteiger partial charge in [-0.15, -0.1) is 5.10 Å². The van der Waals surface area contributed by atoms with Gasteiger partial charge in [0, 0.05) is 11.1 Å². The number of hydrogen-bond donors (Lipinski definition) is 1. The summed E-state index contributed by atoms with van der Waals surface area (Å²) in [5.74, 6) is 1.57. The Morgan fingerprint density at radius 2 is 1.94 bits per heavy atom. The van der Waals surface area contributed by atoms with Gasteiger partial charge in [0.2, 0.25) is 5.95 Å². The second kappa shape index (κ2) is 4.87. The number of aromatic nitrogens is 3. The molecule has 94 valence electrons. The van der Waals surface area contributed by atoms with Crippen LogP contribution in [0.25, 0.3) is 11.3 Å². The van der Waals surface area contributed by atoms with Crippen LogP contribution in [0.4, 0.5) is 5.95 Å². The third kappa shape index (κ3) is 2.04. The van der Waals surface area contributed by atoms with Gasteiger partial charge in [-0.05, 0) is 19.1 Å². The monoisotopic (exact) mass is 246 g/mol. The summed E-state index contributed by atoms with van der Waals surface area (Å²) >= 11 is 0. The highest BCUT2D eigenvalue weighted by Crippen LogP contribution is 2.36. The van der Waals surface area contributed by atoms with Gasteiger partial charge in [-0.25, -0.2) is 4.98 Å². The summed E-state index contributed by atoms with van der Waals surface area (Å²) < 4.78 is 10.7. The number of rotatable bonds is 3. The Morgan fingerprint density at radius 1 is 1.17 bits per heavy atom. The van der Waals surface area contributed by atoms with Crippen LogP contribution in [0, 0.1) is 6.92 Å². The van der Waals surface area contributed by atoms with Gasteiger partial charge in [0.15, 0.2) is 0 Å². The van der Waals surface area contributed by atoms with Crippen molar-refractivity contribution in [2.45, 2.75) is 6.92 Å². The van der Waals surface area contributed by atoms with Gasteiger partial charge in [-0.1, -0.05) is 0 Å². The molecule has 0 aliphatic heterocycles. The van der Waals surface area contributed by atoms with E-state index in [9.17, 15) is 0 Å². The Hall–Kier alpha value is -2.37. The Morgan fingerprint density at radius 3 is 2.56 bits per heavy atom. The van der Waals surface area contributed by atoms with Crippen molar-refractivity contribution in [1.82, 2.24) is 15.2 Å². The molecular formula is C12H14N4O2. The highest BCUT2D eigenvalue weighted by molar-refractivity contribution is 5.71. The SMILES string of the molecule is COc1ccc(-c2cnnc(N)n2)c(OC)c1C. The molecule has 0 unspecified atom stereocenters. The van der Waals surface area contributed by atoms with Crippen molar-refractivity contribution in [2.75, 3.05) is 20.0 Å². The normalized spacial score (nSPS) is 10.2. The fourth-order valence-electron chi connectivity index (χ4n) is 1.81. The number of anilines is 1. The maximum absolute atomic E-state index is 5.53. The minimum atomic E-state index is 0.128. The molecule has 1 aromatic heterocycles. The zero-order valence-corrected chi connectivity index (χ0v) is 10.5.